The van der Waals surface area contributed by atoms with Crippen LogP contribution in [0.1, 0.15) is 5.76 Å². The average Bonchev–Trinajstić information content (AvgIpc) is 3.21. The van der Waals surface area contributed by atoms with Crippen molar-refractivity contribution in [2.75, 3.05) is 0 Å². The summed E-state index contributed by atoms with van der Waals surface area (Å²) in [7, 11) is 0. The van der Waals surface area contributed by atoms with Crippen LogP contribution in [-0.4, -0.2) is 5.78 Å². The standard InChI is InChI=1S/C12H9O2.C5H5.Fe/c13-12(10-4-1-2-5-10)8-7-11-6-3-9-14-11;1-2-4-5-3-1;/h1-9H;1-5H;/q;;+2/b8-7+;;. The van der Waals surface area contributed by atoms with Gasteiger partial charge in [-0.1, -0.05) is 0 Å². The molecule has 20 heavy (non-hydrogen) atoms. The second-order valence-corrected chi connectivity index (χ2v) is 3.85. The van der Waals surface area contributed by atoms with E-state index in [1.165, 1.54) is 6.08 Å². The molecule has 2 nitrogen and oxygen atoms in total. The van der Waals surface area contributed by atoms with Crippen LogP contribution >= 0.6 is 0 Å². The van der Waals surface area contributed by atoms with Crippen LogP contribution in [0.15, 0.2) is 28.9 Å². The first-order chi connectivity index (χ1) is 9.36. The van der Waals surface area contributed by atoms with Gasteiger partial charge in [0, 0.05) is 0 Å². The zero-order chi connectivity index (χ0) is 13.3. The van der Waals surface area contributed by atoms with Crippen molar-refractivity contribution in [3.05, 3.63) is 93.9 Å². The molecule has 0 N–H and O–H groups in total. The van der Waals surface area contributed by atoms with Crippen LogP contribution in [0.4, 0.5) is 0 Å². The summed E-state index contributed by atoms with van der Waals surface area (Å²) in [6.45, 7) is 0. The molecule has 1 aromatic heterocycles. The second kappa shape index (κ2) is 10.0. The molecule has 0 saturated heterocycles. The van der Waals surface area contributed by atoms with Crippen molar-refractivity contribution in [1.29, 1.82) is 0 Å². The van der Waals surface area contributed by atoms with Gasteiger partial charge in [-0.05, 0) is 82.1 Å². The Morgan fingerprint density at radius 2 is 1.55 bits per heavy atom. The van der Waals surface area contributed by atoms with Crippen molar-refractivity contribution >= 4 is 11.9 Å². The van der Waals surface area contributed by atoms with Crippen molar-refractivity contribution < 1.29 is 26.3 Å². The number of hydrogen-bond donors (Lipinski definition) is 0. The molecule has 0 spiro atoms. The Balaban J connectivity index is 0.000000283. The van der Waals surface area contributed by atoms with Gasteiger partial charge in [-0.2, -0.15) is 0 Å². The Hall–Kier alpha value is -0.791. The Morgan fingerprint density at radius 3 is 2.05 bits per heavy atom. The molecule has 10 radical (unpaired) electrons. The maximum Gasteiger partial charge on any atom is 2.00 e. The third kappa shape index (κ3) is 6.11. The van der Waals surface area contributed by atoms with E-state index in [9.17, 15) is 4.79 Å². The summed E-state index contributed by atoms with van der Waals surface area (Å²) < 4.78 is 5.06. The van der Waals surface area contributed by atoms with Crippen LogP contribution in [0.25, 0.3) is 6.08 Å². The number of furan rings is 1. The fourth-order valence-electron chi connectivity index (χ4n) is 1.50. The fraction of sp³-hybridized carbons (Fsp3) is 0. The summed E-state index contributed by atoms with van der Waals surface area (Å²) in [5, 5.41) is 0. The van der Waals surface area contributed by atoms with E-state index >= 15 is 0 Å². The van der Waals surface area contributed by atoms with Gasteiger partial charge in [-0.25, -0.2) is 0 Å². The van der Waals surface area contributed by atoms with E-state index in [2.05, 4.69) is 0 Å². The van der Waals surface area contributed by atoms with E-state index < -0.39 is 0 Å². The number of hydrogen-bond acceptors (Lipinski definition) is 2. The summed E-state index contributed by atoms with van der Waals surface area (Å²) in [6.07, 6.45) is 22.0. The van der Waals surface area contributed by atoms with E-state index in [4.69, 9.17) is 4.42 Å². The van der Waals surface area contributed by atoms with Crippen molar-refractivity contribution in [2.45, 2.75) is 0 Å². The molecule has 3 rings (SSSR count). The van der Waals surface area contributed by atoms with E-state index in [1.807, 2.05) is 44.9 Å². The number of allylic oxidation sites excluding steroid dienone is 1. The average molecular weight is 306 g/mol. The Labute approximate surface area is 132 Å². The zero-order valence-electron chi connectivity index (χ0n) is 10.8. The largest absolute Gasteiger partial charge is 2.00 e. The Kier molecular flexibility index (Phi) is 8.64. The molecule has 2 fully saturated rings. The van der Waals surface area contributed by atoms with Crippen molar-refractivity contribution in [1.82, 2.24) is 0 Å². The normalized spacial score (nSPS) is 18.6. The van der Waals surface area contributed by atoms with Crippen LogP contribution < -0.4 is 0 Å². The van der Waals surface area contributed by atoms with Gasteiger partial charge in [0.25, 0.3) is 0 Å². The molecule has 2 saturated carbocycles. The first-order valence-electron chi connectivity index (χ1n) is 6.00. The minimum Gasteiger partial charge on any atom is -0.465 e. The van der Waals surface area contributed by atoms with E-state index in [0.717, 1.165) is 0 Å². The van der Waals surface area contributed by atoms with Gasteiger partial charge in [0.1, 0.15) is 5.76 Å². The third-order valence-electron chi connectivity index (χ3n) is 2.44. The maximum atomic E-state index is 11.5. The zero-order valence-corrected chi connectivity index (χ0v) is 11.9. The molecule has 2 aliphatic rings. The fourth-order valence-corrected chi connectivity index (χ4v) is 1.50. The molecule has 100 valence electrons. The van der Waals surface area contributed by atoms with Gasteiger partial charge in [0.2, 0.25) is 0 Å². The van der Waals surface area contributed by atoms with Crippen LogP contribution in [-0.2, 0) is 21.9 Å². The molecular formula is C17H14FeO2+2. The summed E-state index contributed by atoms with van der Waals surface area (Å²) in [4.78, 5) is 11.5. The molecule has 0 unspecified atom stereocenters. The van der Waals surface area contributed by atoms with Crippen molar-refractivity contribution in [3.63, 3.8) is 0 Å². The van der Waals surface area contributed by atoms with Gasteiger partial charge in [0.05, 0.1) is 12.2 Å². The summed E-state index contributed by atoms with van der Waals surface area (Å²) in [5.74, 6) is 1.38. The first kappa shape index (κ1) is 17.3. The van der Waals surface area contributed by atoms with E-state index in [0.29, 0.717) is 11.7 Å². The molecule has 0 aliphatic heterocycles. The predicted octanol–water partition coefficient (Wildman–Crippen LogP) is 3.29. The maximum absolute atomic E-state index is 11.5. The molecule has 0 aromatic carbocycles. The van der Waals surface area contributed by atoms with Gasteiger partial charge in [-0.15, -0.1) is 0 Å². The molecule has 0 amide bonds. The summed E-state index contributed by atoms with van der Waals surface area (Å²) in [6, 6.07) is 3.58. The van der Waals surface area contributed by atoms with Crippen LogP contribution in [0.2, 0.25) is 0 Å². The summed E-state index contributed by atoms with van der Waals surface area (Å²) in [5.41, 5.74) is 0. The molecule has 1 aromatic rings. The van der Waals surface area contributed by atoms with Gasteiger partial charge in [-0.3, -0.25) is 4.79 Å². The molecule has 1 heterocycles. The predicted molar refractivity (Wildman–Crippen MR) is 74.7 cm³/mol. The topological polar surface area (TPSA) is 30.2 Å². The monoisotopic (exact) mass is 306 g/mol. The number of carbonyl (C=O) groups is 1. The smallest absolute Gasteiger partial charge is 0.465 e. The molecular weight excluding hydrogens is 292 g/mol. The second-order valence-electron chi connectivity index (χ2n) is 3.85. The van der Waals surface area contributed by atoms with Crippen molar-refractivity contribution in [3.8, 4) is 0 Å². The van der Waals surface area contributed by atoms with Crippen LogP contribution in [0, 0.1) is 63.7 Å². The third-order valence-corrected chi connectivity index (χ3v) is 2.44. The van der Waals surface area contributed by atoms with Gasteiger partial charge >= 0.3 is 17.1 Å². The van der Waals surface area contributed by atoms with Gasteiger partial charge in [0.15, 0.2) is 5.78 Å². The number of rotatable bonds is 3. The first-order valence-corrected chi connectivity index (χ1v) is 6.00. The van der Waals surface area contributed by atoms with Crippen LogP contribution in [0.3, 0.4) is 0 Å². The summed E-state index contributed by atoms with van der Waals surface area (Å²) >= 11 is 0. The van der Waals surface area contributed by atoms with E-state index in [-0.39, 0.29) is 22.9 Å². The Morgan fingerprint density at radius 1 is 0.950 bits per heavy atom. The number of carbonyl (C=O) groups excluding carboxylic acids is 1. The molecule has 2 aliphatic carbocycles. The minimum atomic E-state index is -0.00796. The molecule has 0 atom stereocenters. The Bertz CT molecular complexity index is 378. The van der Waals surface area contributed by atoms with Crippen molar-refractivity contribution in [2.24, 2.45) is 0 Å². The minimum absolute atomic E-state index is 0. The number of ketones is 1. The molecule has 0 bridgehead atoms. The quantitative estimate of drug-likeness (QED) is 0.633. The van der Waals surface area contributed by atoms with Gasteiger partial charge < -0.3 is 4.42 Å². The molecule has 3 heteroatoms. The van der Waals surface area contributed by atoms with Crippen LogP contribution in [0.5, 0.6) is 0 Å². The SMILES string of the molecule is O=C(/C=C/c1ccco1)[C]1[CH][CH][CH][CH]1.[CH]1[CH][CH][CH][CH]1.[Fe+2]. The van der Waals surface area contributed by atoms with E-state index in [1.54, 1.807) is 37.3 Å².